The van der Waals surface area contributed by atoms with Crippen molar-refractivity contribution in [3.8, 4) is 16.9 Å². The van der Waals surface area contributed by atoms with Crippen LogP contribution in [0, 0.1) is 23.3 Å². The zero-order valence-corrected chi connectivity index (χ0v) is 15.3. The number of benzene rings is 2. The average molecular weight is 434 g/mol. The molecule has 0 atom stereocenters. The molecule has 0 heterocycles. The van der Waals surface area contributed by atoms with Crippen LogP contribution in [0.4, 0.5) is 30.7 Å². The minimum absolute atomic E-state index is 0.0114. The number of ether oxygens (including phenoxy) is 2. The molecule has 0 saturated heterocycles. The fraction of sp³-hybridized carbons (Fsp3) is 0.250. The molecule has 0 amide bonds. The van der Waals surface area contributed by atoms with E-state index in [2.05, 4.69) is 4.74 Å². The third-order valence-corrected chi connectivity index (χ3v) is 4.33. The van der Waals surface area contributed by atoms with E-state index < -0.39 is 52.5 Å². The van der Waals surface area contributed by atoms with Crippen LogP contribution in [0.3, 0.4) is 0 Å². The molecule has 0 N–H and O–H groups in total. The second kappa shape index (κ2) is 8.00. The maximum atomic E-state index is 15.0. The van der Waals surface area contributed by atoms with Gasteiger partial charge < -0.3 is 9.47 Å². The van der Waals surface area contributed by atoms with Crippen molar-refractivity contribution in [3.05, 3.63) is 58.4 Å². The predicted molar refractivity (Wildman–Crippen MR) is 91.1 cm³/mol. The van der Waals surface area contributed by atoms with Gasteiger partial charge in [-0.25, -0.2) is 17.6 Å². The second-order valence-corrected chi connectivity index (χ2v) is 6.37. The van der Waals surface area contributed by atoms with Crippen LogP contribution >= 0.6 is 0 Å². The lowest BCUT2D eigenvalue weighted by molar-refractivity contribution is -0.276. The summed E-state index contributed by atoms with van der Waals surface area (Å²) in [7, 11) is 0. The number of carbonyl (C=O) groups is 1. The molecule has 3 nitrogen and oxygen atoms in total. The SMILES string of the molecule is CCC(=O)OC1=Cc2cc(F)c(-c3cc(F)c(OC(F)(F)F)c(F)c3)c(F)c2CC1. The van der Waals surface area contributed by atoms with Gasteiger partial charge in [0.2, 0.25) is 5.75 Å². The van der Waals surface area contributed by atoms with Gasteiger partial charge in [-0.3, -0.25) is 4.79 Å². The van der Waals surface area contributed by atoms with Gasteiger partial charge in [0.25, 0.3) is 0 Å². The number of carbonyl (C=O) groups excluding carboxylic acids is 1. The van der Waals surface area contributed by atoms with Gasteiger partial charge in [-0.05, 0) is 47.4 Å². The van der Waals surface area contributed by atoms with Crippen LogP contribution in [0.1, 0.15) is 30.9 Å². The molecule has 0 spiro atoms. The quantitative estimate of drug-likeness (QED) is 0.434. The fourth-order valence-electron chi connectivity index (χ4n) is 3.04. The highest BCUT2D eigenvalue weighted by Gasteiger charge is 2.34. The van der Waals surface area contributed by atoms with Crippen molar-refractivity contribution in [1.29, 1.82) is 0 Å². The number of hydrogen-bond acceptors (Lipinski definition) is 3. The standard InChI is InChI=1S/C20H13F7O3/c1-2-16(28)29-11-3-4-12-9(5-11)6-13(21)17(18(12)24)10-7-14(22)19(15(23)8-10)30-20(25,26)27/h5-8H,2-4H2,1H3. The Hall–Kier alpha value is -3.04. The highest BCUT2D eigenvalue weighted by atomic mass is 19.4. The van der Waals surface area contributed by atoms with Crippen molar-refractivity contribution in [2.75, 3.05) is 0 Å². The van der Waals surface area contributed by atoms with E-state index in [1.807, 2.05) is 0 Å². The van der Waals surface area contributed by atoms with Crippen molar-refractivity contribution in [2.45, 2.75) is 32.5 Å². The molecule has 0 bridgehead atoms. The van der Waals surface area contributed by atoms with Crippen molar-refractivity contribution in [3.63, 3.8) is 0 Å². The highest BCUT2D eigenvalue weighted by molar-refractivity contribution is 5.74. The summed E-state index contributed by atoms with van der Waals surface area (Å²) in [5.74, 6) is -7.89. The number of esters is 1. The molecule has 1 aliphatic rings. The van der Waals surface area contributed by atoms with E-state index in [0.717, 1.165) is 6.07 Å². The minimum atomic E-state index is -5.35. The molecular weight excluding hydrogens is 421 g/mol. The molecule has 0 radical (unpaired) electrons. The summed E-state index contributed by atoms with van der Waals surface area (Å²) in [5.41, 5.74) is -1.34. The first-order valence-corrected chi connectivity index (χ1v) is 8.67. The zero-order valence-electron chi connectivity index (χ0n) is 15.3. The Morgan fingerprint density at radius 1 is 1.00 bits per heavy atom. The van der Waals surface area contributed by atoms with Gasteiger partial charge in [0, 0.05) is 12.8 Å². The van der Waals surface area contributed by atoms with E-state index in [1.165, 1.54) is 6.08 Å². The number of allylic oxidation sites excluding steroid dienone is 1. The predicted octanol–water partition coefficient (Wildman–Crippen LogP) is 6.05. The molecule has 0 fully saturated rings. The van der Waals surface area contributed by atoms with E-state index in [4.69, 9.17) is 4.74 Å². The normalized spacial score (nSPS) is 13.5. The monoisotopic (exact) mass is 434 g/mol. The van der Waals surface area contributed by atoms with Crippen LogP contribution in [-0.4, -0.2) is 12.3 Å². The van der Waals surface area contributed by atoms with E-state index in [0.29, 0.717) is 12.1 Å². The lowest BCUT2D eigenvalue weighted by Crippen LogP contribution is -2.19. The van der Waals surface area contributed by atoms with E-state index in [1.54, 1.807) is 6.92 Å². The molecular formula is C20H13F7O3. The molecule has 1 aliphatic carbocycles. The van der Waals surface area contributed by atoms with Crippen LogP contribution in [0.25, 0.3) is 17.2 Å². The largest absolute Gasteiger partial charge is 0.573 e. The summed E-state index contributed by atoms with van der Waals surface area (Å²) >= 11 is 0. The molecule has 0 unspecified atom stereocenters. The number of rotatable bonds is 4. The maximum Gasteiger partial charge on any atom is 0.573 e. The maximum absolute atomic E-state index is 15.0. The zero-order chi connectivity index (χ0) is 22.2. The topological polar surface area (TPSA) is 35.5 Å². The summed E-state index contributed by atoms with van der Waals surface area (Å²) in [6.07, 6.45) is -3.82. The smallest absolute Gasteiger partial charge is 0.431 e. The summed E-state index contributed by atoms with van der Waals surface area (Å²) < 4.78 is 103. The fourth-order valence-corrected chi connectivity index (χ4v) is 3.04. The Labute approximate surface area is 165 Å². The molecule has 0 saturated carbocycles. The lowest BCUT2D eigenvalue weighted by atomic mass is 9.91. The van der Waals surface area contributed by atoms with E-state index >= 15 is 0 Å². The van der Waals surface area contributed by atoms with Gasteiger partial charge in [-0.15, -0.1) is 13.2 Å². The highest BCUT2D eigenvalue weighted by Crippen LogP contribution is 2.38. The molecule has 10 heteroatoms. The van der Waals surface area contributed by atoms with Crippen molar-refractivity contribution in [2.24, 2.45) is 0 Å². The van der Waals surface area contributed by atoms with Gasteiger partial charge in [0.1, 0.15) is 17.4 Å². The first-order chi connectivity index (χ1) is 14.0. The average Bonchev–Trinajstić information content (AvgIpc) is 2.63. The van der Waals surface area contributed by atoms with Gasteiger partial charge >= 0.3 is 12.3 Å². The molecule has 2 aromatic rings. The van der Waals surface area contributed by atoms with Gasteiger partial charge in [-0.2, -0.15) is 0 Å². The summed E-state index contributed by atoms with van der Waals surface area (Å²) in [5, 5.41) is 0. The molecule has 3 rings (SSSR count). The van der Waals surface area contributed by atoms with Crippen molar-refractivity contribution >= 4 is 12.0 Å². The first kappa shape index (κ1) is 21.7. The third kappa shape index (κ3) is 4.42. The molecule has 30 heavy (non-hydrogen) atoms. The van der Waals surface area contributed by atoms with Crippen LogP contribution < -0.4 is 4.74 Å². The summed E-state index contributed by atoms with van der Waals surface area (Å²) in [6, 6.07) is 1.60. The van der Waals surface area contributed by atoms with Crippen LogP contribution in [0.5, 0.6) is 5.75 Å². The van der Waals surface area contributed by atoms with Crippen molar-refractivity contribution in [1.82, 2.24) is 0 Å². The molecule has 2 aromatic carbocycles. The number of fused-ring (bicyclic) bond motifs is 1. The number of hydrogen-bond donors (Lipinski definition) is 0. The third-order valence-electron chi connectivity index (χ3n) is 4.33. The Morgan fingerprint density at radius 3 is 2.20 bits per heavy atom. The Bertz CT molecular complexity index is 1020. The molecule has 0 aromatic heterocycles. The van der Waals surface area contributed by atoms with E-state index in [-0.39, 0.29) is 36.1 Å². The second-order valence-electron chi connectivity index (χ2n) is 6.37. The van der Waals surface area contributed by atoms with Gasteiger partial charge in [0.15, 0.2) is 11.6 Å². The van der Waals surface area contributed by atoms with Gasteiger partial charge in [-0.1, -0.05) is 6.92 Å². The van der Waals surface area contributed by atoms with Crippen molar-refractivity contribution < 1.29 is 45.0 Å². The van der Waals surface area contributed by atoms with Crippen LogP contribution in [0.15, 0.2) is 24.0 Å². The van der Waals surface area contributed by atoms with Crippen LogP contribution in [0.2, 0.25) is 0 Å². The minimum Gasteiger partial charge on any atom is -0.431 e. The number of alkyl halides is 3. The number of halogens is 7. The Kier molecular flexibility index (Phi) is 5.78. The van der Waals surface area contributed by atoms with Crippen LogP contribution in [-0.2, 0) is 16.0 Å². The lowest BCUT2D eigenvalue weighted by Gasteiger charge is -2.19. The van der Waals surface area contributed by atoms with Gasteiger partial charge in [0.05, 0.1) is 5.56 Å². The molecule has 0 aliphatic heterocycles. The Morgan fingerprint density at radius 2 is 1.63 bits per heavy atom. The Balaban J connectivity index is 2.04. The molecule has 160 valence electrons. The summed E-state index contributed by atoms with van der Waals surface area (Å²) in [4.78, 5) is 11.4. The first-order valence-electron chi connectivity index (χ1n) is 8.67. The summed E-state index contributed by atoms with van der Waals surface area (Å²) in [6.45, 7) is 1.58. The van der Waals surface area contributed by atoms with E-state index in [9.17, 15) is 35.5 Å².